The minimum absolute atomic E-state index is 0.0520. The number of nitrogens with one attached hydrogen (secondary N) is 1. The molecule has 0 aromatic carbocycles. The molecule has 5 nitrogen and oxygen atoms in total. The Balaban J connectivity index is 4.34. The highest BCUT2D eigenvalue weighted by Gasteiger charge is 2.30. The van der Waals surface area contributed by atoms with Gasteiger partial charge in [-0.15, -0.1) is 0 Å². The Morgan fingerprint density at radius 2 is 1.88 bits per heavy atom. The predicted octanol–water partition coefficient (Wildman–Crippen LogP) is -0.0457. The van der Waals surface area contributed by atoms with Crippen LogP contribution in [0.25, 0.3) is 0 Å². The van der Waals surface area contributed by atoms with Crippen molar-refractivity contribution in [3.63, 3.8) is 0 Å². The van der Waals surface area contributed by atoms with Crippen molar-refractivity contribution in [3.05, 3.63) is 0 Å². The van der Waals surface area contributed by atoms with Gasteiger partial charge in [-0.25, -0.2) is 0 Å². The van der Waals surface area contributed by atoms with Gasteiger partial charge in [-0.1, -0.05) is 20.8 Å². The van der Waals surface area contributed by atoms with E-state index in [0.717, 1.165) is 0 Å². The summed E-state index contributed by atoms with van der Waals surface area (Å²) in [5.41, 5.74) is 5.52. The zero-order valence-electron chi connectivity index (χ0n) is 10.8. The first-order chi connectivity index (χ1) is 7.20. The van der Waals surface area contributed by atoms with Crippen molar-refractivity contribution in [1.82, 2.24) is 10.2 Å². The number of carbonyl (C=O) groups is 2. The van der Waals surface area contributed by atoms with Crippen molar-refractivity contribution in [1.29, 1.82) is 0 Å². The van der Waals surface area contributed by atoms with E-state index in [-0.39, 0.29) is 23.8 Å². The van der Waals surface area contributed by atoms with Crippen molar-refractivity contribution < 1.29 is 9.59 Å². The lowest BCUT2D eigenvalue weighted by Gasteiger charge is -2.29. The van der Waals surface area contributed by atoms with Gasteiger partial charge >= 0.3 is 0 Å². The Morgan fingerprint density at radius 1 is 1.38 bits per heavy atom. The Bertz CT molecular complexity index is 258. The molecule has 94 valence electrons. The number of likely N-dealkylation sites (N-methyl/N-ethyl adjacent to an activating group) is 2. The van der Waals surface area contributed by atoms with Gasteiger partial charge in [-0.05, 0) is 12.3 Å². The monoisotopic (exact) mass is 229 g/mol. The molecule has 1 atom stereocenters. The van der Waals surface area contributed by atoms with Gasteiger partial charge in [0.05, 0.1) is 12.6 Å². The van der Waals surface area contributed by atoms with Gasteiger partial charge in [0.15, 0.2) is 0 Å². The molecule has 0 rings (SSSR count). The summed E-state index contributed by atoms with van der Waals surface area (Å²) in [6.45, 7) is 8.14. The van der Waals surface area contributed by atoms with Crippen molar-refractivity contribution in [2.24, 2.45) is 11.1 Å². The molecule has 0 radical (unpaired) electrons. The molecular weight excluding hydrogens is 206 g/mol. The molecule has 0 saturated carbocycles. The summed E-state index contributed by atoms with van der Waals surface area (Å²) in [5, 5.41) is 2.64. The minimum atomic E-state index is -0.591. The number of hydrogen-bond acceptors (Lipinski definition) is 3. The first-order valence-electron chi connectivity index (χ1n) is 5.47. The smallest absolute Gasteiger partial charge is 0.240 e. The van der Waals surface area contributed by atoms with Crippen LogP contribution < -0.4 is 11.1 Å². The summed E-state index contributed by atoms with van der Waals surface area (Å²) >= 11 is 0. The van der Waals surface area contributed by atoms with E-state index in [4.69, 9.17) is 5.73 Å². The second kappa shape index (κ2) is 5.84. The minimum Gasteiger partial charge on any atom is -0.355 e. The fourth-order valence-corrected chi connectivity index (χ4v) is 1.15. The van der Waals surface area contributed by atoms with Gasteiger partial charge in [-0.3, -0.25) is 9.59 Å². The van der Waals surface area contributed by atoms with Crippen LogP contribution in [0, 0.1) is 5.41 Å². The molecule has 0 heterocycles. The highest BCUT2D eigenvalue weighted by atomic mass is 16.2. The van der Waals surface area contributed by atoms with Gasteiger partial charge in [0.1, 0.15) is 0 Å². The van der Waals surface area contributed by atoms with Gasteiger partial charge in [-0.2, -0.15) is 0 Å². The maximum Gasteiger partial charge on any atom is 0.240 e. The van der Waals surface area contributed by atoms with Crippen molar-refractivity contribution in [2.45, 2.75) is 33.7 Å². The molecule has 0 aliphatic heterocycles. The van der Waals surface area contributed by atoms with E-state index in [1.165, 1.54) is 4.90 Å². The van der Waals surface area contributed by atoms with Crippen LogP contribution in [0.3, 0.4) is 0 Å². The lowest BCUT2D eigenvalue weighted by atomic mass is 9.86. The van der Waals surface area contributed by atoms with E-state index in [1.807, 2.05) is 27.7 Å². The first-order valence-corrected chi connectivity index (χ1v) is 5.47. The molecule has 0 aliphatic carbocycles. The molecule has 5 heteroatoms. The summed E-state index contributed by atoms with van der Waals surface area (Å²) in [7, 11) is 1.59. The lowest BCUT2D eigenvalue weighted by molar-refractivity contribution is -0.137. The van der Waals surface area contributed by atoms with Crippen molar-refractivity contribution >= 4 is 11.8 Å². The van der Waals surface area contributed by atoms with E-state index in [9.17, 15) is 9.59 Å². The Hall–Kier alpha value is -1.10. The average molecular weight is 229 g/mol. The normalized spacial score (nSPS) is 13.1. The summed E-state index contributed by atoms with van der Waals surface area (Å²) in [6.07, 6.45) is 0. The summed E-state index contributed by atoms with van der Waals surface area (Å²) in [4.78, 5) is 24.5. The van der Waals surface area contributed by atoms with Crippen LogP contribution >= 0.6 is 0 Å². The molecule has 0 spiro atoms. The zero-order valence-corrected chi connectivity index (χ0v) is 10.8. The van der Waals surface area contributed by atoms with E-state index in [1.54, 1.807) is 7.05 Å². The van der Waals surface area contributed by atoms with Crippen LogP contribution in [0.5, 0.6) is 0 Å². The molecule has 3 N–H and O–H groups in total. The van der Waals surface area contributed by atoms with E-state index in [0.29, 0.717) is 6.54 Å². The number of rotatable bonds is 4. The molecule has 0 saturated heterocycles. The first kappa shape index (κ1) is 14.9. The summed E-state index contributed by atoms with van der Waals surface area (Å²) in [5.74, 6) is -0.377. The van der Waals surface area contributed by atoms with E-state index in [2.05, 4.69) is 5.32 Å². The molecule has 0 unspecified atom stereocenters. The number of nitrogens with two attached hydrogens (primary N) is 1. The van der Waals surface area contributed by atoms with E-state index < -0.39 is 6.04 Å². The highest BCUT2D eigenvalue weighted by molar-refractivity contribution is 5.87. The number of carbonyl (C=O) groups excluding carboxylic acids is 2. The topological polar surface area (TPSA) is 75.4 Å². The molecule has 16 heavy (non-hydrogen) atoms. The summed E-state index contributed by atoms with van der Waals surface area (Å²) < 4.78 is 0. The lowest BCUT2D eigenvalue weighted by Crippen LogP contribution is -2.51. The maximum absolute atomic E-state index is 11.9. The largest absolute Gasteiger partial charge is 0.355 e. The third-order valence-corrected chi connectivity index (χ3v) is 2.33. The van der Waals surface area contributed by atoms with Gasteiger partial charge in [0.2, 0.25) is 11.8 Å². The van der Waals surface area contributed by atoms with Gasteiger partial charge in [0.25, 0.3) is 0 Å². The highest BCUT2D eigenvalue weighted by Crippen LogP contribution is 2.18. The molecule has 2 amide bonds. The van der Waals surface area contributed by atoms with Crippen LogP contribution in [-0.2, 0) is 9.59 Å². The van der Waals surface area contributed by atoms with Crippen LogP contribution in [0.15, 0.2) is 0 Å². The predicted molar refractivity (Wildman–Crippen MR) is 63.8 cm³/mol. The standard InChI is InChI=1S/C11H23N3O2/c1-6-13-8(15)7-14(5)10(16)9(12)11(2,3)4/h9H,6-7,12H2,1-5H3,(H,13,15)/t9-/m0/s1. The Morgan fingerprint density at radius 3 is 2.25 bits per heavy atom. The SMILES string of the molecule is CCNC(=O)CN(C)C(=O)[C@H](N)C(C)(C)C. The summed E-state index contributed by atoms with van der Waals surface area (Å²) in [6, 6.07) is -0.591. The van der Waals surface area contributed by atoms with E-state index >= 15 is 0 Å². The fourth-order valence-electron chi connectivity index (χ4n) is 1.15. The van der Waals surface area contributed by atoms with Crippen LogP contribution in [0.1, 0.15) is 27.7 Å². The second-order valence-electron chi connectivity index (χ2n) is 4.99. The van der Waals surface area contributed by atoms with Gasteiger partial charge in [0, 0.05) is 13.6 Å². The number of amides is 2. The van der Waals surface area contributed by atoms with Crippen LogP contribution in [-0.4, -0.2) is 42.9 Å². The number of nitrogens with zero attached hydrogens (tertiary/aromatic N) is 1. The third-order valence-electron chi connectivity index (χ3n) is 2.33. The van der Waals surface area contributed by atoms with Gasteiger partial charge < -0.3 is 16.0 Å². The Kier molecular flexibility index (Phi) is 5.44. The average Bonchev–Trinajstić information content (AvgIpc) is 2.14. The Labute approximate surface area is 97.4 Å². The van der Waals surface area contributed by atoms with Crippen LogP contribution in [0.4, 0.5) is 0 Å². The zero-order chi connectivity index (χ0) is 12.9. The molecule has 0 aliphatic rings. The molecular formula is C11H23N3O2. The number of hydrogen-bond donors (Lipinski definition) is 2. The van der Waals surface area contributed by atoms with Crippen molar-refractivity contribution in [2.75, 3.05) is 20.1 Å². The second-order valence-corrected chi connectivity index (χ2v) is 4.99. The molecule has 0 aromatic heterocycles. The van der Waals surface area contributed by atoms with Crippen molar-refractivity contribution in [3.8, 4) is 0 Å². The van der Waals surface area contributed by atoms with Crippen LogP contribution in [0.2, 0.25) is 0 Å². The maximum atomic E-state index is 11.9. The quantitative estimate of drug-likeness (QED) is 0.710. The molecule has 0 bridgehead atoms. The molecule has 0 aromatic rings. The fraction of sp³-hybridized carbons (Fsp3) is 0.818. The third kappa shape index (κ3) is 4.61. The molecule has 0 fully saturated rings.